The molecule has 0 aliphatic carbocycles. The molecule has 1 atom stereocenters. The highest BCUT2D eigenvalue weighted by molar-refractivity contribution is 4.89. The topological polar surface area (TPSA) is 15.3 Å². The standard InChI is InChI=1S/C11H24N2/c1-5-10-9-12-7-8-13(10)11(3,4)6-2/h10,12H,5-9H2,1-4H3. The van der Waals surface area contributed by atoms with Crippen LogP contribution in [0, 0.1) is 0 Å². The van der Waals surface area contributed by atoms with Crippen molar-refractivity contribution in [1.82, 2.24) is 10.2 Å². The minimum Gasteiger partial charge on any atom is -0.314 e. The molecule has 0 spiro atoms. The van der Waals surface area contributed by atoms with Crippen LogP contribution >= 0.6 is 0 Å². The van der Waals surface area contributed by atoms with Crippen LogP contribution < -0.4 is 5.32 Å². The Morgan fingerprint density at radius 2 is 2.08 bits per heavy atom. The first-order valence-electron chi connectivity index (χ1n) is 5.59. The molecule has 1 N–H and O–H groups in total. The van der Waals surface area contributed by atoms with Gasteiger partial charge in [0.1, 0.15) is 0 Å². The first-order valence-corrected chi connectivity index (χ1v) is 5.59. The lowest BCUT2D eigenvalue weighted by Crippen LogP contribution is -2.58. The predicted octanol–water partition coefficient (Wildman–Crippen LogP) is 1.86. The van der Waals surface area contributed by atoms with Gasteiger partial charge in [0.25, 0.3) is 0 Å². The third-order valence-electron chi connectivity index (χ3n) is 3.46. The van der Waals surface area contributed by atoms with Gasteiger partial charge in [-0.3, -0.25) is 4.90 Å². The minimum absolute atomic E-state index is 0.378. The van der Waals surface area contributed by atoms with Crippen LogP contribution in [0.25, 0.3) is 0 Å². The van der Waals surface area contributed by atoms with Gasteiger partial charge in [0, 0.05) is 31.2 Å². The molecule has 2 nitrogen and oxygen atoms in total. The molecule has 0 bridgehead atoms. The van der Waals surface area contributed by atoms with Crippen molar-refractivity contribution in [3.05, 3.63) is 0 Å². The molecule has 1 fully saturated rings. The Labute approximate surface area is 82.7 Å². The third-order valence-corrected chi connectivity index (χ3v) is 3.46. The van der Waals surface area contributed by atoms with Crippen molar-refractivity contribution in [3.63, 3.8) is 0 Å². The van der Waals surface area contributed by atoms with Gasteiger partial charge in [-0.1, -0.05) is 13.8 Å². The molecule has 1 aliphatic heterocycles. The van der Waals surface area contributed by atoms with Crippen LogP contribution in [0.5, 0.6) is 0 Å². The average Bonchev–Trinajstić information content (AvgIpc) is 2.18. The average molecular weight is 184 g/mol. The van der Waals surface area contributed by atoms with Crippen LogP contribution in [-0.2, 0) is 0 Å². The largest absolute Gasteiger partial charge is 0.314 e. The summed E-state index contributed by atoms with van der Waals surface area (Å²) in [6, 6.07) is 0.740. The van der Waals surface area contributed by atoms with Gasteiger partial charge < -0.3 is 5.32 Å². The second-order valence-electron chi connectivity index (χ2n) is 4.63. The van der Waals surface area contributed by atoms with E-state index in [1.54, 1.807) is 0 Å². The lowest BCUT2D eigenvalue weighted by molar-refractivity contribution is 0.0445. The molecule has 1 heterocycles. The Kier molecular flexibility index (Phi) is 3.74. The molecule has 0 amide bonds. The van der Waals surface area contributed by atoms with Crippen molar-refractivity contribution in [1.29, 1.82) is 0 Å². The first-order chi connectivity index (χ1) is 6.11. The van der Waals surface area contributed by atoms with E-state index in [9.17, 15) is 0 Å². The van der Waals surface area contributed by atoms with Crippen LogP contribution in [0.4, 0.5) is 0 Å². The second-order valence-corrected chi connectivity index (χ2v) is 4.63. The van der Waals surface area contributed by atoms with Crippen molar-refractivity contribution in [3.8, 4) is 0 Å². The lowest BCUT2D eigenvalue weighted by Gasteiger charge is -2.46. The van der Waals surface area contributed by atoms with E-state index in [4.69, 9.17) is 0 Å². The number of nitrogens with one attached hydrogen (secondary N) is 1. The number of hydrogen-bond donors (Lipinski definition) is 1. The highest BCUT2D eigenvalue weighted by atomic mass is 15.3. The molecule has 0 aromatic rings. The molecule has 0 radical (unpaired) electrons. The SMILES string of the molecule is CCC1CNCCN1C(C)(C)CC. The van der Waals surface area contributed by atoms with Gasteiger partial charge in [0.05, 0.1) is 0 Å². The highest BCUT2D eigenvalue weighted by Gasteiger charge is 2.31. The Hall–Kier alpha value is -0.0800. The Morgan fingerprint density at radius 1 is 1.38 bits per heavy atom. The summed E-state index contributed by atoms with van der Waals surface area (Å²) >= 11 is 0. The Balaban J connectivity index is 2.63. The van der Waals surface area contributed by atoms with Crippen LogP contribution in [0.15, 0.2) is 0 Å². The normalized spacial score (nSPS) is 26.3. The van der Waals surface area contributed by atoms with Gasteiger partial charge >= 0.3 is 0 Å². The van der Waals surface area contributed by atoms with Crippen molar-refractivity contribution >= 4 is 0 Å². The number of piperazine rings is 1. The van der Waals surface area contributed by atoms with Crippen LogP contribution in [-0.4, -0.2) is 36.1 Å². The zero-order valence-corrected chi connectivity index (χ0v) is 9.56. The maximum absolute atomic E-state index is 3.47. The lowest BCUT2D eigenvalue weighted by atomic mass is 9.95. The maximum atomic E-state index is 3.47. The van der Waals surface area contributed by atoms with Crippen LogP contribution in [0.2, 0.25) is 0 Å². The summed E-state index contributed by atoms with van der Waals surface area (Å²) in [6.45, 7) is 12.8. The van der Waals surface area contributed by atoms with Crippen molar-refractivity contribution < 1.29 is 0 Å². The number of rotatable bonds is 3. The molecule has 0 saturated carbocycles. The Morgan fingerprint density at radius 3 is 2.62 bits per heavy atom. The van der Waals surface area contributed by atoms with Crippen molar-refractivity contribution in [2.75, 3.05) is 19.6 Å². The zero-order valence-electron chi connectivity index (χ0n) is 9.56. The van der Waals surface area contributed by atoms with Crippen molar-refractivity contribution in [2.45, 2.75) is 52.1 Å². The van der Waals surface area contributed by atoms with E-state index in [1.165, 1.54) is 25.9 Å². The summed E-state index contributed by atoms with van der Waals surface area (Å²) in [7, 11) is 0. The number of hydrogen-bond acceptors (Lipinski definition) is 2. The van der Waals surface area contributed by atoms with E-state index in [1.807, 2.05) is 0 Å². The van der Waals surface area contributed by atoms with Gasteiger partial charge in [0.2, 0.25) is 0 Å². The molecule has 2 heteroatoms. The minimum atomic E-state index is 0.378. The summed E-state index contributed by atoms with van der Waals surface area (Å²) in [5.74, 6) is 0. The molecule has 78 valence electrons. The van der Waals surface area contributed by atoms with E-state index in [-0.39, 0.29) is 0 Å². The van der Waals surface area contributed by atoms with E-state index in [2.05, 4.69) is 37.9 Å². The molecule has 1 unspecified atom stereocenters. The zero-order chi connectivity index (χ0) is 9.90. The van der Waals surface area contributed by atoms with Crippen LogP contribution in [0.3, 0.4) is 0 Å². The molecule has 0 aromatic heterocycles. The fourth-order valence-corrected chi connectivity index (χ4v) is 2.13. The predicted molar refractivity (Wildman–Crippen MR) is 58.0 cm³/mol. The molecule has 1 saturated heterocycles. The molecule has 1 rings (SSSR count). The van der Waals surface area contributed by atoms with Gasteiger partial charge in [-0.05, 0) is 26.7 Å². The summed E-state index contributed by atoms with van der Waals surface area (Å²) in [5, 5.41) is 3.47. The smallest absolute Gasteiger partial charge is 0.0223 e. The Bertz CT molecular complexity index is 154. The van der Waals surface area contributed by atoms with Gasteiger partial charge in [-0.15, -0.1) is 0 Å². The summed E-state index contributed by atoms with van der Waals surface area (Å²) in [6.07, 6.45) is 2.50. The summed E-state index contributed by atoms with van der Waals surface area (Å²) in [5.41, 5.74) is 0.378. The second kappa shape index (κ2) is 4.43. The van der Waals surface area contributed by atoms with E-state index >= 15 is 0 Å². The highest BCUT2D eigenvalue weighted by Crippen LogP contribution is 2.23. The molecular formula is C11H24N2. The van der Waals surface area contributed by atoms with E-state index in [0.29, 0.717) is 5.54 Å². The monoisotopic (exact) mass is 184 g/mol. The molecule has 0 aromatic carbocycles. The maximum Gasteiger partial charge on any atom is 0.0223 e. The van der Waals surface area contributed by atoms with Gasteiger partial charge in [-0.25, -0.2) is 0 Å². The van der Waals surface area contributed by atoms with E-state index in [0.717, 1.165) is 12.6 Å². The fourth-order valence-electron chi connectivity index (χ4n) is 2.13. The molecule has 1 aliphatic rings. The number of nitrogens with zero attached hydrogens (tertiary/aromatic N) is 1. The van der Waals surface area contributed by atoms with E-state index < -0.39 is 0 Å². The van der Waals surface area contributed by atoms with Gasteiger partial charge in [0.15, 0.2) is 0 Å². The quantitative estimate of drug-likeness (QED) is 0.720. The third kappa shape index (κ3) is 2.44. The van der Waals surface area contributed by atoms with Crippen LogP contribution in [0.1, 0.15) is 40.5 Å². The summed E-state index contributed by atoms with van der Waals surface area (Å²) in [4.78, 5) is 2.67. The van der Waals surface area contributed by atoms with Gasteiger partial charge in [-0.2, -0.15) is 0 Å². The first kappa shape index (κ1) is 11.0. The molecular weight excluding hydrogens is 160 g/mol. The fraction of sp³-hybridized carbons (Fsp3) is 1.00. The molecule has 13 heavy (non-hydrogen) atoms. The van der Waals surface area contributed by atoms with Crippen molar-refractivity contribution in [2.24, 2.45) is 0 Å². The summed E-state index contributed by atoms with van der Waals surface area (Å²) < 4.78 is 0.